The molecule has 0 aliphatic carbocycles. The summed E-state index contributed by atoms with van der Waals surface area (Å²) in [7, 11) is -1.39. The van der Waals surface area contributed by atoms with Crippen LogP contribution < -0.4 is 5.32 Å². The number of hydrogen-bond donors (Lipinski definition) is 5. The lowest BCUT2D eigenvalue weighted by Crippen LogP contribution is -2.53. The standard InChI is InChI=1S/C16H18BNO9/c19-12(18-11-5-4-9(7-13(20)21)27-17(11)26)6-8-2-1-3-10(15(22)23)14(8)16(24)25/h1-3,9,11,26H,4-7H2,(H,18,19)(H,20,21)(H,22,23)(H,24,25). The van der Waals surface area contributed by atoms with Gasteiger partial charge in [-0.1, -0.05) is 12.1 Å². The monoisotopic (exact) mass is 379 g/mol. The van der Waals surface area contributed by atoms with Crippen molar-refractivity contribution in [2.45, 2.75) is 37.7 Å². The quantitative estimate of drug-likeness (QED) is 0.402. The Hall–Kier alpha value is -2.92. The van der Waals surface area contributed by atoms with Crippen molar-refractivity contribution in [3.63, 3.8) is 0 Å². The van der Waals surface area contributed by atoms with E-state index in [1.807, 2.05) is 0 Å². The minimum atomic E-state index is -1.46. The highest BCUT2D eigenvalue weighted by Gasteiger charge is 2.36. The van der Waals surface area contributed by atoms with E-state index in [0.29, 0.717) is 6.42 Å². The Labute approximate surface area is 153 Å². The normalized spacial score (nSPS) is 19.4. The van der Waals surface area contributed by atoms with E-state index in [-0.39, 0.29) is 18.4 Å². The second kappa shape index (κ2) is 8.65. The Kier molecular flexibility index (Phi) is 6.53. The van der Waals surface area contributed by atoms with E-state index >= 15 is 0 Å². The third-order valence-electron chi connectivity index (χ3n) is 4.17. The summed E-state index contributed by atoms with van der Waals surface area (Å²) >= 11 is 0. The number of carbonyl (C=O) groups excluding carboxylic acids is 1. The summed E-state index contributed by atoms with van der Waals surface area (Å²) in [6, 6.07) is 3.81. The minimum absolute atomic E-state index is 0.0230. The molecule has 2 atom stereocenters. The zero-order chi connectivity index (χ0) is 20.1. The lowest BCUT2D eigenvalue weighted by atomic mass is 9.72. The Morgan fingerprint density at radius 3 is 2.37 bits per heavy atom. The molecule has 5 N–H and O–H groups in total. The van der Waals surface area contributed by atoms with Gasteiger partial charge in [0.05, 0.1) is 36.0 Å². The number of carboxylic acids is 3. The molecule has 1 aliphatic heterocycles. The van der Waals surface area contributed by atoms with Crippen molar-refractivity contribution in [1.29, 1.82) is 0 Å². The Bertz CT molecular complexity index is 766. The van der Waals surface area contributed by atoms with E-state index in [2.05, 4.69) is 5.32 Å². The highest BCUT2D eigenvalue weighted by atomic mass is 16.5. The van der Waals surface area contributed by atoms with Gasteiger partial charge >= 0.3 is 25.0 Å². The number of benzene rings is 1. The van der Waals surface area contributed by atoms with Gasteiger partial charge in [-0.3, -0.25) is 9.59 Å². The minimum Gasteiger partial charge on any atom is -0.481 e. The van der Waals surface area contributed by atoms with Crippen LogP contribution in [0.2, 0.25) is 0 Å². The number of rotatable bonds is 7. The van der Waals surface area contributed by atoms with Crippen LogP contribution in [0.1, 0.15) is 45.5 Å². The fraction of sp³-hybridized carbons (Fsp3) is 0.375. The third kappa shape index (κ3) is 5.28. The zero-order valence-corrected chi connectivity index (χ0v) is 14.1. The van der Waals surface area contributed by atoms with Crippen LogP contribution in [0.25, 0.3) is 0 Å². The third-order valence-corrected chi connectivity index (χ3v) is 4.17. The Balaban J connectivity index is 2.04. The van der Waals surface area contributed by atoms with Crippen LogP contribution in [-0.4, -0.2) is 63.3 Å². The average Bonchev–Trinajstić information content (AvgIpc) is 2.56. The van der Waals surface area contributed by atoms with Gasteiger partial charge in [-0.2, -0.15) is 0 Å². The molecular weight excluding hydrogens is 361 g/mol. The van der Waals surface area contributed by atoms with E-state index < -0.39 is 60.5 Å². The van der Waals surface area contributed by atoms with Crippen molar-refractivity contribution in [2.24, 2.45) is 0 Å². The molecule has 1 amide bonds. The molecule has 11 heteroatoms. The first kappa shape index (κ1) is 20.4. The molecule has 2 unspecified atom stereocenters. The summed E-state index contributed by atoms with van der Waals surface area (Å²) in [5, 5.41) is 39.5. The van der Waals surface area contributed by atoms with Crippen LogP contribution in [-0.2, 0) is 20.7 Å². The molecule has 1 aromatic carbocycles. The Morgan fingerprint density at radius 1 is 1.11 bits per heavy atom. The van der Waals surface area contributed by atoms with Gasteiger partial charge in [0.1, 0.15) is 0 Å². The van der Waals surface area contributed by atoms with Gasteiger partial charge in [0.15, 0.2) is 0 Å². The molecule has 1 aliphatic rings. The summed E-state index contributed by atoms with van der Waals surface area (Å²) in [4.78, 5) is 45.5. The van der Waals surface area contributed by atoms with Crippen molar-refractivity contribution in [3.8, 4) is 0 Å². The fourth-order valence-corrected chi connectivity index (χ4v) is 2.97. The van der Waals surface area contributed by atoms with E-state index in [9.17, 15) is 29.3 Å². The van der Waals surface area contributed by atoms with E-state index in [1.54, 1.807) is 0 Å². The van der Waals surface area contributed by atoms with Crippen molar-refractivity contribution >= 4 is 30.9 Å². The molecule has 0 radical (unpaired) electrons. The summed E-state index contributed by atoms with van der Waals surface area (Å²) < 4.78 is 5.16. The molecule has 144 valence electrons. The molecule has 1 heterocycles. The predicted molar refractivity (Wildman–Crippen MR) is 90.3 cm³/mol. The van der Waals surface area contributed by atoms with Crippen molar-refractivity contribution in [1.82, 2.24) is 5.32 Å². The maximum absolute atomic E-state index is 12.2. The molecule has 27 heavy (non-hydrogen) atoms. The number of aromatic carboxylic acids is 2. The first-order chi connectivity index (χ1) is 12.7. The maximum atomic E-state index is 12.2. The van der Waals surface area contributed by atoms with Gasteiger partial charge in [0, 0.05) is 0 Å². The second-order valence-corrected chi connectivity index (χ2v) is 6.12. The molecule has 0 bridgehead atoms. The topological polar surface area (TPSA) is 170 Å². The number of amides is 1. The summed E-state index contributed by atoms with van der Waals surface area (Å²) in [5.41, 5.74) is -0.873. The summed E-state index contributed by atoms with van der Waals surface area (Å²) in [5.74, 6) is -5.35. The molecule has 10 nitrogen and oxygen atoms in total. The Morgan fingerprint density at radius 2 is 1.81 bits per heavy atom. The molecule has 1 aromatic rings. The molecule has 0 spiro atoms. The second-order valence-electron chi connectivity index (χ2n) is 6.12. The highest BCUT2D eigenvalue weighted by Crippen LogP contribution is 2.20. The SMILES string of the molecule is O=C(O)CC1CCC(NC(=O)Cc2cccc(C(=O)O)c2C(=O)O)B(O)O1. The highest BCUT2D eigenvalue weighted by molar-refractivity contribution is 6.45. The molecule has 0 aromatic heterocycles. The number of carboxylic acid groups (broad SMARTS) is 3. The van der Waals surface area contributed by atoms with Gasteiger partial charge in [0.25, 0.3) is 0 Å². The molecule has 1 saturated heterocycles. The van der Waals surface area contributed by atoms with Crippen LogP contribution in [0.5, 0.6) is 0 Å². The number of carbonyl (C=O) groups is 4. The first-order valence-corrected chi connectivity index (χ1v) is 8.12. The number of nitrogens with one attached hydrogen (secondary N) is 1. The van der Waals surface area contributed by atoms with Crippen LogP contribution in [0.15, 0.2) is 18.2 Å². The van der Waals surface area contributed by atoms with Crippen molar-refractivity contribution in [2.75, 3.05) is 0 Å². The summed E-state index contributed by atoms with van der Waals surface area (Å²) in [6.45, 7) is 0. The van der Waals surface area contributed by atoms with Gasteiger partial charge in [-0.05, 0) is 24.5 Å². The predicted octanol–water partition coefficient (Wildman–Crippen LogP) is -0.216. The van der Waals surface area contributed by atoms with Gasteiger partial charge in [-0.25, -0.2) is 9.59 Å². The molecule has 1 fully saturated rings. The van der Waals surface area contributed by atoms with E-state index in [0.717, 1.165) is 6.07 Å². The number of hydrogen-bond acceptors (Lipinski definition) is 6. The van der Waals surface area contributed by atoms with E-state index in [1.165, 1.54) is 12.1 Å². The maximum Gasteiger partial charge on any atom is 0.478 e. The molecule has 0 saturated carbocycles. The first-order valence-electron chi connectivity index (χ1n) is 8.12. The smallest absolute Gasteiger partial charge is 0.478 e. The van der Waals surface area contributed by atoms with Gasteiger partial charge in [0.2, 0.25) is 5.91 Å². The number of aliphatic carboxylic acids is 1. The van der Waals surface area contributed by atoms with Crippen LogP contribution in [0, 0.1) is 0 Å². The van der Waals surface area contributed by atoms with Gasteiger partial charge < -0.3 is 30.3 Å². The molecular formula is C16H18BNO9. The lowest BCUT2D eigenvalue weighted by molar-refractivity contribution is -0.139. The van der Waals surface area contributed by atoms with Crippen molar-refractivity contribution < 1.29 is 44.2 Å². The summed E-state index contributed by atoms with van der Waals surface area (Å²) in [6.07, 6.45) is -0.710. The fourth-order valence-electron chi connectivity index (χ4n) is 2.97. The van der Waals surface area contributed by atoms with Gasteiger partial charge in [-0.15, -0.1) is 0 Å². The van der Waals surface area contributed by atoms with Crippen molar-refractivity contribution in [3.05, 3.63) is 34.9 Å². The average molecular weight is 379 g/mol. The van der Waals surface area contributed by atoms with Crippen LogP contribution in [0.4, 0.5) is 0 Å². The lowest BCUT2D eigenvalue weighted by Gasteiger charge is -2.30. The molecule has 2 rings (SSSR count). The van der Waals surface area contributed by atoms with E-state index in [4.69, 9.17) is 14.9 Å². The van der Waals surface area contributed by atoms with Crippen LogP contribution in [0.3, 0.4) is 0 Å². The van der Waals surface area contributed by atoms with Crippen LogP contribution >= 0.6 is 0 Å². The zero-order valence-electron chi connectivity index (χ0n) is 14.1. The largest absolute Gasteiger partial charge is 0.481 e.